The number of piperidine rings is 1. The van der Waals surface area contributed by atoms with E-state index in [0.29, 0.717) is 12.5 Å². The number of hydrogen-bond donors (Lipinski definition) is 1. The molecule has 3 rings (SSSR count). The van der Waals surface area contributed by atoms with E-state index in [9.17, 15) is 0 Å². The molecule has 178 valence electrons. The number of nitrogens with zero attached hydrogens (tertiary/aromatic N) is 1. The topological polar surface area (TPSA) is 23.5 Å². The molecule has 2 nitrogen and oxygen atoms in total. The Labute approximate surface area is 201 Å². The van der Waals surface area contributed by atoms with Crippen LogP contribution in [0.25, 0.3) is 4.91 Å². The lowest BCUT2D eigenvalue weighted by Crippen LogP contribution is -2.34. The molecule has 32 heavy (non-hydrogen) atoms. The molecule has 0 radical (unpaired) electrons. The van der Waals surface area contributed by atoms with Gasteiger partial charge in [-0.1, -0.05) is 64.2 Å². The molecule has 2 aliphatic rings. The molecule has 0 atom stereocenters. The van der Waals surface area contributed by atoms with Gasteiger partial charge < -0.3 is 10.0 Å². The van der Waals surface area contributed by atoms with Crippen molar-refractivity contribution in [3.63, 3.8) is 0 Å². The van der Waals surface area contributed by atoms with Gasteiger partial charge >= 0.3 is 0 Å². The van der Waals surface area contributed by atoms with Gasteiger partial charge in [-0.3, -0.25) is 0 Å². The molecule has 0 saturated carbocycles. The minimum Gasteiger partial charge on any atom is -0.396 e. The third-order valence-electron chi connectivity index (χ3n) is 7.82. The first-order valence-electron chi connectivity index (χ1n) is 12.7. The first-order valence-corrected chi connectivity index (χ1v) is 13.5. The van der Waals surface area contributed by atoms with Crippen LogP contribution in [0.2, 0.25) is 0 Å². The number of benzene rings is 1. The molecule has 0 unspecified atom stereocenters. The fourth-order valence-electron chi connectivity index (χ4n) is 5.41. The lowest BCUT2D eigenvalue weighted by atomic mass is 9.63. The van der Waals surface area contributed by atoms with E-state index in [1.54, 1.807) is 0 Å². The smallest absolute Gasteiger partial charge is 0.0431 e. The number of allylic oxidation sites excluding steroid dienone is 2. The van der Waals surface area contributed by atoms with Crippen LogP contribution in [-0.4, -0.2) is 36.2 Å². The summed E-state index contributed by atoms with van der Waals surface area (Å²) in [5.41, 5.74) is 4.83. The molecular formula is C29H45NOS. The quantitative estimate of drug-likeness (QED) is 0.390. The molecule has 3 heteroatoms. The van der Waals surface area contributed by atoms with Gasteiger partial charge in [-0.2, -0.15) is 0 Å². The van der Waals surface area contributed by atoms with Crippen molar-refractivity contribution in [3.8, 4) is 0 Å². The summed E-state index contributed by atoms with van der Waals surface area (Å²) in [5.74, 6) is 0.656. The van der Waals surface area contributed by atoms with Crippen molar-refractivity contribution < 1.29 is 5.11 Å². The summed E-state index contributed by atoms with van der Waals surface area (Å²) in [6.45, 7) is 20.2. The minimum atomic E-state index is 0.235. The molecule has 0 spiro atoms. The van der Waals surface area contributed by atoms with Crippen LogP contribution in [0.1, 0.15) is 96.3 Å². The fourth-order valence-corrected chi connectivity index (χ4v) is 6.46. The first-order chi connectivity index (χ1) is 15.2. The fraction of sp³-hybridized carbons (Fsp3) is 0.655. The zero-order chi connectivity index (χ0) is 23.4. The molecule has 0 amide bonds. The van der Waals surface area contributed by atoms with E-state index >= 15 is 0 Å². The van der Waals surface area contributed by atoms with Crippen molar-refractivity contribution in [2.75, 3.05) is 26.2 Å². The monoisotopic (exact) mass is 455 g/mol. The van der Waals surface area contributed by atoms with E-state index in [4.69, 9.17) is 5.11 Å². The minimum absolute atomic E-state index is 0.235. The molecule has 1 heterocycles. The normalized spacial score (nSPS) is 21.4. The number of rotatable bonds is 9. The number of aliphatic hydroxyl groups is 1. The van der Waals surface area contributed by atoms with Gasteiger partial charge in [-0.15, -0.1) is 0 Å². The molecule has 1 saturated heterocycles. The van der Waals surface area contributed by atoms with Crippen molar-refractivity contribution in [2.45, 2.75) is 90.4 Å². The van der Waals surface area contributed by atoms with Gasteiger partial charge in [0, 0.05) is 11.5 Å². The summed E-state index contributed by atoms with van der Waals surface area (Å²) >= 11 is 1.90. The van der Waals surface area contributed by atoms with Crippen LogP contribution in [0.3, 0.4) is 0 Å². The van der Waals surface area contributed by atoms with E-state index in [2.05, 4.69) is 70.4 Å². The zero-order valence-corrected chi connectivity index (χ0v) is 22.0. The van der Waals surface area contributed by atoms with Crippen LogP contribution in [-0.2, 0) is 10.8 Å². The lowest BCUT2D eigenvalue weighted by Gasteiger charge is -2.42. The number of hydrogen-bond acceptors (Lipinski definition) is 3. The summed E-state index contributed by atoms with van der Waals surface area (Å²) in [6, 6.07) is 7.12. The summed E-state index contributed by atoms with van der Waals surface area (Å²) in [5, 5.41) is 8.96. The zero-order valence-electron chi connectivity index (χ0n) is 21.2. The number of fused-ring (bicyclic) bond motifs is 1. The summed E-state index contributed by atoms with van der Waals surface area (Å²) in [4.78, 5) is 5.28. The summed E-state index contributed by atoms with van der Waals surface area (Å²) < 4.78 is 0. The van der Waals surface area contributed by atoms with Crippen LogP contribution < -0.4 is 0 Å². The molecule has 0 bridgehead atoms. The van der Waals surface area contributed by atoms with Crippen molar-refractivity contribution in [2.24, 2.45) is 5.92 Å². The molecule has 1 N–H and O–H groups in total. The molecule has 1 aliphatic carbocycles. The number of aliphatic hydroxyl groups excluding tert-OH is 1. The maximum absolute atomic E-state index is 8.96. The molecule has 0 aromatic heterocycles. The Balaban J connectivity index is 1.62. The molecule has 1 fully saturated rings. The van der Waals surface area contributed by atoms with Gasteiger partial charge in [-0.05, 0) is 116 Å². The molecule has 1 aliphatic heterocycles. The van der Waals surface area contributed by atoms with E-state index in [-0.39, 0.29) is 10.8 Å². The van der Waals surface area contributed by atoms with Gasteiger partial charge in [-0.25, -0.2) is 0 Å². The van der Waals surface area contributed by atoms with Crippen molar-refractivity contribution >= 4 is 16.7 Å². The number of unbranched alkanes of at least 4 members (excludes halogenated alkanes) is 2. The third-order valence-corrected chi connectivity index (χ3v) is 9.11. The summed E-state index contributed by atoms with van der Waals surface area (Å²) in [6.07, 6.45) is 10.6. The van der Waals surface area contributed by atoms with E-state index in [1.165, 1.54) is 78.2 Å². The van der Waals surface area contributed by atoms with Gasteiger partial charge in [0.25, 0.3) is 0 Å². The molecule has 1 aromatic carbocycles. The Bertz CT molecular complexity index is 814. The maximum atomic E-state index is 8.96. The van der Waals surface area contributed by atoms with Crippen LogP contribution in [0.5, 0.6) is 0 Å². The van der Waals surface area contributed by atoms with Crippen molar-refractivity contribution in [3.05, 3.63) is 52.4 Å². The Morgan fingerprint density at radius 1 is 1.06 bits per heavy atom. The predicted octanol–water partition coefficient (Wildman–Crippen LogP) is 7.52. The highest BCUT2D eigenvalue weighted by molar-refractivity contribution is 8.11. The first kappa shape index (κ1) is 25.6. The van der Waals surface area contributed by atoms with Gasteiger partial charge in [0.2, 0.25) is 0 Å². The highest BCUT2D eigenvalue weighted by atomic mass is 32.2. The van der Waals surface area contributed by atoms with Gasteiger partial charge in [0.05, 0.1) is 0 Å². The Morgan fingerprint density at radius 2 is 1.72 bits per heavy atom. The molecular weight excluding hydrogens is 410 g/mol. The SMILES string of the molecule is C=C(S/C(=C\C)C1CCN(CCCCCO)CC1)c1ccc2c(c1)C(C)(C)CCC2(C)C. The van der Waals surface area contributed by atoms with Crippen LogP contribution >= 0.6 is 11.8 Å². The van der Waals surface area contributed by atoms with Crippen LogP contribution in [0, 0.1) is 5.92 Å². The number of thioether (sulfide) groups is 1. The Kier molecular flexibility index (Phi) is 8.74. The highest BCUT2D eigenvalue weighted by Gasteiger charge is 2.37. The third kappa shape index (κ3) is 6.10. The van der Waals surface area contributed by atoms with E-state index < -0.39 is 0 Å². The van der Waals surface area contributed by atoms with E-state index in [1.807, 2.05) is 11.8 Å². The van der Waals surface area contributed by atoms with Crippen molar-refractivity contribution in [1.82, 2.24) is 4.90 Å². The Hall–Kier alpha value is -1.03. The van der Waals surface area contributed by atoms with Gasteiger partial charge in [0.1, 0.15) is 0 Å². The second-order valence-electron chi connectivity index (χ2n) is 11.1. The van der Waals surface area contributed by atoms with E-state index in [0.717, 1.165) is 12.8 Å². The molecule has 1 aromatic rings. The lowest BCUT2D eigenvalue weighted by molar-refractivity contribution is 0.195. The second kappa shape index (κ2) is 10.9. The highest BCUT2D eigenvalue weighted by Crippen LogP contribution is 2.47. The standard InChI is InChI=1S/C29H45NOS/c1-7-27(23-13-18-30(19-14-23)17-9-8-10-20-31)32-22(2)24-11-12-25-26(21-24)29(5,6)16-15-28(25,3)4/h7,11-12,21,23,31H,2,8-10,13-20H2,1,3-6H3/b27-7-. The van der Waals surface area contributed by atoms with Crippen LogP contribution in [0.15, 0.2) is 35.8 Å². The van der Waals surface area contributed by atoms with Crippen molar-refractivity contribution in [1.29, 1.82) is 0 Å². The largest absolute Gasteiger partial charge is 0.396 e. The summed E-state index contributed by atoms with van der Waals surface area (Å²) in [7, 11) is 0. The number of likely N-dealkylation sites (tertiary alicyclic amines) is 1. The average Bonchev–Trinajstić information content (AvgIpc) is 2.78. The van der Waals surface area contributed by atoms with Gasteiger partial charge in [0.15, 0.2) is 0 Å². The Morgan fingerprint density at radius 3 is 2.34 bits per heavy atom. The maximum Gasteiger partial charge on any atom is 0.0431 e. The van der Waals surface area contributed by atoms with Crippen LogP contribution in [0.4, 0.5) is 0 Å². The average molecular weight is 456 g/mol. The second-order valence-corrected chi connectivity index (χ2v) is 12.3. The predicted molar refractivity (Wildman–Crippen MR) is 142 cm³/mol.